The number of hydrogen-bond acceptors (Lipinski definition) is 4. The monoisotopic (exact) mass is 444 g/mol. The molecule has 1 aromatic carbocycles. The van der Waals surface area contributed by atoms with E-state index in [1.807, 2.05) is 6.07 Å². The molecule has 4 rings (SSSR count). The summed E-state index contributed by atoms with van der Waals surface area (Å²) in [5, 5.41) is 16.8. The number of nitrogens with one attached hydrogen (secondary N) is 2. The Labute approximate surface area is 188 Å². The molecule has 0 saturated heterocycles. The van der Waals surface area contributed by atoms with Gasteiger partial charge in [0.25, 0.3) is 0 Å². The van der Waals surface area contributed by atoms with Gasteiger partial charge < -0.3 is 15.2 Å². The van der Waals surface area contributed by atoms with Gasteiger partial charge in [-0.25, -0.2) is 4.39 Å². The van der Waals surface area contributed by atoms with E-state index in [-0.39, 0.29) is 11.2 Å². The van der Waals surface area contributed by atoms with Gasteiger partial charge in [0.15, 0.2) is 11.1 Å². The molecule has 8 heteroatoms. The maximum atomic E-state index is 13.6. The van der Waals surface area contributed by atoms with E-state index in [9.17, 15) is 4.39 Å². The van der Waals surface area contributed by atoms with Crippen LogP contribution in [-0.4, -0.2) is 47.1 Å². The van der Waals surface area contributed by atoms with Crippen molar-refractivity contribution in [3.8, 4) is 0 Å². The second-order valence-electron chi connectivity index (χ2n) is 8.66. The van der Waals surface area contributed by atoms with Crippen molar-refractivity contribution in [1.29, 1.82) is 0 Å². The third-order valence-corrected chi connectivity index (χ3v) is 7.23. The Morgan fingerprint density at radius 1 is 1.26 bits per heavy atom. The van der Waals surface area contributed by atoms with Crippen LogP contribution in [0.2, 0.25) is 0 Å². The number of nitrogens with zero attached hydrogens (tertiary/aromatic N) is 4. The fourth-order valence-electron chi connectivity index (χ4n) is 4.61. The van der Waals surface area contributed by atoms with Crippen molar-refractivity contribution in [2.24, 2.45) is 4.99 Å². The fourth-order valence-corrected chi connectivity index (χ4v) is 5.18. The van der Waals surface area contributed by atoms with Crippen molar-refractivity contribution < 1.29 is 4.39 Å². The van der Waals surface area contributed by atoms with Gasteiger partial charge in [-0.2, -0.15) is 0 Å². The minimum atomic E-state index is -0.165. The van der Waals surface area contributed by atoms with Gasteiger partial charge in [0, 0.05) is 38.0 Å². The van der Waals surface area contributed by atoms with Crippen LogP contribution in [-0.2, 0) is 11.8 Å². The molecular weight excluding hydrogens is 411 g/mol. The van der Waals surface area contributed by atoms with Crippen LogP contribution >= 0.6 is 11.8 Å². The summed E-state index contributed by atoms with van der Waals surface area (Å²) in [6.45, 7) is 1.59. The molecule has 0 unspecified atom stereocenters. The number of aliphatic imine (C=N–C) groups is 1. The summed E-state index contributed by atoms with van der Waals surface area (Å²) in [5.74, 6) is 1.73. The third kappa shape index (κ3) is 5.22. The second kappa shape index (κ2) is 10.0. The maximum absolute atomic E-state index is 13.6. The number of guanidine groups is 1. The van der Waals surface area contributed by atoms with Gasteiger partial charge in [-0.1, -0.05) is 36.7 Å². The van der Waals surface area contributed by atoms with Gasteiger partial charge in [0.05, 0.1) is 0 Å². The van der Waals surface area contributed by atoms with Crippen molar-refractivity contribution >= 4 is 17.7 Å². The number of aromatic nitrogens is 3. The molecule has 2 saturated carbocycles. The lowest BCUT2D eigenvalue weighted by Crippen LogP contribution is -2.41. The molecule has 0 aliphatic heterocycles. The van der Waals surface area contributed by atoms with Crippen molar-refractivity contribution in [2.75, 3.05) is 26.4 Å². The number of hydrogen-bond donors (Lipinski definition) is 2. The normalized spacial score (nSPS) is 18.4. The number of rotatable bonds is 9. The first kappa shape index (κ1) is 22.1. The summed E-state index contributed by atoms with van der Waals surface area (Å²) in [4.78, 5) is 4.36. The number of thioether (sulfide) groups is 1. The Morgan fingerprint density at radius 2 is 2.06 bits per heavy atom. The first-order valence-corrected chi connectivity index (χ1v) is 12.6. The van der Waals surface area contributed by atoms with Crippen LogP contribution in [0.25, 0.3) is 0 Å². The van der Waals surface area contributed by atoms with E-state index in [0.29, 0.717) is 6.04 Å². The van der Waals surface area contributed by atoms with Crippen LogP contribution < -0.4 is 10.6 Å². The van der Waals surface area contributed by atoms with E-state index in [1.54, 1.807) is 30.9 Å². The van der Waals surface area contributed by atoms with Crippen molar-refractivity contribution in [2.45, 2.75) is 68.0 Å². The van der Waals surface area contributed by atoms with Gasteiger partial charge in [0.1, 0.15) is 11.6 Å². The molecule has 1 heterocycles. The van der Waals surface area contributed by atoms with E-state index in [1.165, 1.54) is 31.7 Å². The fraction of sp³-hybridized carbons (Fsp3) is 0.609. The maximum Gasteiger partial charge on any atom is 0.191 e. The van der Waals surface area contributed by atoms with Crippen LogP contribution in [0.3, 0.4) is 0 Å². The molecule has 2 N–H and O–H groups in total. The van der Waals surface area contributed by atoms with Crippen LogP contribution in [0.1, 0.15) is 62.4 Å². The summed E-state index contributed by atoms with van der Waals surface area (Å²) in [6.07, 6.45) is 11.2. The van der Waals surface area contributed by atoms with E-state index >= 15 is 0 Å². The summed E-state index contributed by atoms with van der Waals surface area (Å²) < 4.78 is 16.0. The van der Waals surface area contributed by atoms with Crippen LogP contribution in [0.15, 0.2) is 34.4 Å². The predicted molar refractivity (Wildman–Crippen MR) is 124 cm³/mol. The Kier molecular flexibility index (Phi) is 7.15. The average Bonchev–Trinajstić information content (AvgIpc) is 3.19. The van der Waals surface area contributed by atoms with Crippen LogP contribution in [0.5, 0.6) is 0 Å². The molecule has 2 aromatic rings. The molecule has 2 aliphatic carbocycles. The third-order valence-electron chi connectivity index (χ3n) is 6.59. The Hall–Kier alpha value is -2.09. The number of aryl methyl sites for hydroxylation is 1. The second-order valence-corrected chi connectivity index (χ2v) is 9.43. The highest BCUT2D eigenvalue weighted by Gasteiger charge is 2.44. The lowest BCUT2D eigenvalue weighted by atomic mass is 9.96. The largest absolute Gasteiger partial charge is 0.356 e. The van der Waals surface area contributed by atoms with Crippen LogP contribution in [0, 0.1) is 5.82 Å². The first-order chi connectivity index (χ1) is 15.1. The molecule has 0 radical (unpaired) electrons. The van der Waals surface area contributed by atoms with E-state index in [0.717, 1.165) is 61.3 Å². The molecule has 0 amide bonds. The lowest BCUT2D eigenvalue weighted by Gasteiger charge is -2.19. The van der Waals surface area contributed by atoms with E-state index in [2.05, 4.69) is 36.6 Å². The molecule has 1 aromatic heterocycles. The molecule has 31 heavy (non-hydrogen) atoms. The zero-order valence-electron chi connectivity index (χ0n) is 18.5. The molecule has 0 atom stereocenters. The SMILES string of the molecule is CN=C(NCCCc1nnc(SC)n1C1CCCC1)NCC1(c2cccc(F)c2)CC1. The highest BCUT2D eigenvalue weighted by atomic mass is 32.2. The minimum absolute atomic E-state index is 0.0334. The molecule has 168 valence electrons. The molecular formula is C23H33FN6S. The topological polar surface area (TPSA) is 67.1 Å². The number of benzene rings is 1. The smallest absolute Gasteiger partial charge is 0.191 e. The summed E-state index contributed by atoms with van der Waals surface area (Å²) >= 11 is 1.69. The Balaban J connectivity index is 1.25. The van der Waals surface area contributed by atoms with Gasteiger partial charge in [-0.15, -0.1) is 10.2 Å². The summed E-state index contributed by atoms with van der Waals surface area (Å²) in [6, 6.07) is 7.55. The van der Waals surface area contributed by atoms with Crippen molar-refractivity contribution in [3.63, 3.8) is 0 Å². The average molecular weight is 445 g/mol. The molecule has 2 fully saturated rings. The van der Waals surface area contributed by atoms with Gasteiger partial charge in [-0.05, 0) is 56.1 Å². The van der Waals surface area contributed by atoms with Crippen molar-refractivity contribution in [3.05, 3.63) is 41.5 Å². The summed E-state index contributed by atoms with van der Waals surface area (Å²) in [7, 11) is 1.79. The Morgan fingerprint density at radius 3 is 2.74 bits per heavy atom. The first-order valence-electron chi connectivity index (χ1n) is 11.3. The highest BCUT2D eigenvalue weighted by Crippen LogP contribution is 2.47. The van der Waals surface area contributed by atoms with Gasteiger partial charge in [0.2, 0.25) is 0 Å². The molecule has 2 aliphatic rings. The lowest BCUT2D eigenvalue weighted by molar-refractivity contribution is 0.460. The quantitative estimate of drug-likeness (QED) is 0.264. The van der Waals surface area contributed by atoms with Gasteiger partial charge >= 0.3 is 0 Å². The number of halogens is 1. The highest BCUT2D eigenvalue weighted by molar-refractivity contribution is 7.98. The molecule has 0 bridgehead atoms. The van der Waals surface area contributed by atoms with Crippen molar-refractivity contribution in [1.82, 2.24) is 25.4 Å². The van der Waals surface area contributed by atoms with E-state index in [4.69, 9.17) is 0 Å². The Bertz CT molecular complexity index is 901. The minimum Gasteiger partial charge on any atom is -0.356 e. The molecule has 6 nitrogen and oxygen atoms in total. The van der Waals surface area contributed by atoms with E-state index < -0.39 is 0 Å². The zero-order valence-corrected chi connectivity index (χ0v) is 19.3. The van der Waals surface area contributed by atoms with Crippen LogP contribution in [0.4, 0.5) is 4.39 Å². The summed E-state index contributed by atoms with van der Waals surface area (Å²) in [5.41, 5.74) is 1.11. The zero-order chi connectivity index (χ0) is 21.7. The van der Waals surface area contributed by atoms with Gasteiger partial charge in [-0.3, -0.25) is 4.99 Å². The standard InChI is InChI=1S/C23H33FN6S/c1-25-21(27-16-23(12-13-23)17-7-5-8-18(24)15-17)26-14-6-11-20-28-29-22(31-2)30(20)19-9-3-4-10-19/h5,7-8,15,19H,3-4,6,9-14,16H2,1-2H3,(H2,25,26,27). The molecule has 0 spiro atoms. The predicted octanol–water partition coefficient (Wildman–Crippen LogP) is 4.08.